The van der Waals surface area contributed by atoms with Gasteiger partial charge in [0.15, 0.2) is 0 Å². The Morgan fingerprint density at radius 3 is 2.13 bits per heavy atom. The minimum atomic E-state index is -0.199. The highest BCUT2D eigenvalue weighted by Gasteiger charge is 2.24. The largest absolute Gasteiger partial charge is 0.358 e. The van der Waals surface area contributed by atoms with E-state index in [1.54, 1.807) is 7.05 Å². The van der Waals surface area contributed by atoms with Crippen LogP contribution in [0.1, 0.15) is 13.8 Å². The number of nitrogens with zero attached hydrogens (tertiary/aromatic N) is 1. The fourth-order valence-corrected chi connectivity index (χ4v) is 1.49. The molecule has 1 unspecified atom stereocenters. The number of hydrogen-bond donors (Lipinski definition) is 2. The molecule has 0 rings (SSSR count). The van der Waals surface area contributed by atoms with E-state index in [2.05, 4.69) is 10.6 Å². The normalized spacial score (nSPS) is 12.7. The van der Waals surface area contributed by atoms with E-state index >= 15 is 0 Å². The van der Waals surface area contributed by atoms with Crippen LogP contribution in [0.25, 0.3) is 0 Å². The molecular formula is C10H21N3O2. The average molecular weight is 215 g/mol. The van der Waals surface area contributed by atoms with Crippen molar-refractivity contribution in [2.24, 2.45) is 5.92 Å². The van der Waals surface area contributed by atoms with Crippen LogP contribution in [0.3, 0.4) is 0 Å². The van der Waals surface area contributed by atoms with Gasteiger partial charge in [-0.15, -0.1) is 0 Å². The number of amides is 2. The molecule has 0 bridgehead atoms. The first-order valence-electron chi connectivity index (χ1n) is 5.04. The maximum absolute atomic E-state index is 11.7. The van der Waals surface area contributed by atoms with Gasteiger partial charge < -0.3 is 10.6 Å². The van der Waals surface area contributed by atoms with Crippen LogP contribution >= 0.6 is 0 Å². The van der Waals surface area contributed by atoms with E-state index in [0.717, 1.165) is 0 Å². The second-order valence-electron chi connectivity index (χ2n) is 4.04. The van der Waals surface area contributed by atoms with Crippen LogP contribution in [-0.4, -0.2) is 50.4 Å². The van der Waals surface area contributed by atoms with Gasteiger partial charge in [-0.3, -0.25) is 14.5 Å². The molecule has 2 amide bonds. The van der Waals surface area contributed by atoms with Crippen molar-refractivity contribution in [1.29, 1.82) is 0 Å². The summed E-state index contributed by atoms with van der Waals surface area (Å²) in [6.07, 6.45) is 0. The second-order valence-corrected chi connectivity index (χ2v) is 4.04. The molecule has 0 aromatic heterocycles. The third kappa shape index (κ3) is 4.78. The maximum atomic E-state index is 11.7. The van der Waals surface area contributed by atoms with E-state index in [-0.39, 0.29) is 30.3 Å². The van der Waals surface area contributed by atoms with Crippen molar-refractivity contribution in [2.75, 3.05) is 27.7 Å². The Balaban J connectivity index is 4.22. The highest BCUT2D eigenvalue weighted by molar-refractivity contribution is 5.87. The van der Waals surface area contributed by atoms with E-state index in [9.17, 15) is 9.59 Å². The van der Waals surface area contributed by atoms with Crippen LogP contribution < -0.4 is 10.6 Å². The molecular weight excluding hydrogens is 194 g/mol. The summed E-state index contributed by atoms with van der Waals surface area (Å²) in [5.41, 5.74) is 0. The average Bonchev–Trinajstić information content (AvgIpc) is 2.12. The van der Waals surface area contributed by atoms with Crippen LogP contribution in [0.4, 0.5) is 0 Å². The van der Waals surface area contributed by atoms with Crippen LogP contribution in [0.2, 0.25) is 0 Å². The molecule has 0 aromatic carbocycles. The highest BCUT2D eigenvalue weighted by atomic mass is 16.2. The molecule has 0 fully saturated rings. The molecule has 5 nitrogen and oxygen atoms in total. The predicted octanol–water partition coefficient (Wildman–Crippen LogP) is -0.565. The molecule has 2 N–H and O–H groups in total. The molecule has 0 aliphatic heterocycles. The monoisotopic (exact) mass is 215 g/mol. The van der Waals surface area contributed by atoms with Gasteiger partial charge >= 0.3 is 0 Å². The SMILES string of the molecule is CNC(=O)CNC(=O)C(C(C)C)N(C)C. The molecule has 5 heteroatoms. The van der Waals surface area contributed by atoms with Crippen LogP contribution in [0, 0.1) is 5.92 Å². The smallest absolute Gasteiger partial charge is 0.239 e. The molecule has 0 radical (unpaired) electrons. The van der Waals surface area contributed by atoms with E-state index in [1.165, 1.54) is 0 Å². The third-order valence-corrected chi connectivity index (χ3v) is 2.16. The number of likely N-dealkylation sites (N-methyl/N-ethyl adjacent to an activating group) is 2. The van der Waals surface area contributed by atoms with E-state index in [0.29, 0.717) is 0 Å². The summed E-state index contributed by atoms with van der Waals surface area (Å²) >= 11 is 0. The Bertz CT molecular complexity index is 219. The molecule has 0 saturated carbocycles. The quantitative estimate of drug-likeness (QED) is 0.646. The zero-order valence-corrected chi connectivity index (χ0v) is 10.1. The summed E-state index contributed by atoms with van der Waals surface area (Å²) in [7, 11) is 5.24. The van der Waals surface area contributed by atoms with Gasteiger partial charge in [-0.2, -0.15) is 0 Å². The highest BCUT2D eigenvalue weighted by Crippen LogP contribution is 2.06. The Hall–Kier alpha value is -1.10. The summed E-state index contributed by atoms with van der Waals surface area (Å²) < 4.78 is 0. The van der Waals surface area contributed by atoms with Crippen molar-refractivity contribution in [2.45, 2.75) is 19.9 Å². The number of carbonyl (C=O) groups excluding carboxylic acids is 2. The van der Waals surface area contributed by atoms with Gasteiger partial charge in [0, 0.05) is 7.05 Å². The number of carbonyl (C=O) groups is 2. The topological polar surface area (TPSA) is 61.4 Å². The molecule has 0 aromatic rings. The standard InChI is InChI=1S/C10H21N3O2/c1-7(2)9(13(4)5)10(15)12-6-8(14)11-3/h7,9H,6H2,1-5H3,(H,11,14)(H,12,15). The zero-order chi connectivity index (χ0) is 12.0. The van der Waals surface area contributed by atoms with Gasteiger partial charge in [0.2, 0.25) is 11.8 Å². The van der Waals surface area contributed by atoms with Gasteiger partial charge in [0.25, 0.3) is 0 Å². The van der Waals surface area contributed by atoms with Crippen LogP contribution in [0.15, 0.2) is 0 Å². The Kier molecular flexibility index (Phi) is 5.93. The Labute approximate surface area is 91.2 Å². The molecule has 0 aliphatic rings. The van der Waals surface area contributed by atoms with Crippen molar-refractivity contribution in [3.63, 3.8) is 0 Å². The summed E-state index contributed by atoms with van der Waals surface area (Å²) in [6.45, 7) is 3.99. The molecule has 1 atom stereocenters. The first-order chi connectivity index (χ1) is 6.90. The minimum Gasteiger partial charge on any atom is -0.358 e. The van der Waals surface area contributed by atoms with Gasteiger partial charge in [0.1, 0.15) is 0 Å². The third-order valence-electron chi connectivity index (χ3n) is 2.16. The van der Waals surface area contributed by atoms with E-state index in [4.69, 9.17) is 0 Å². The minimum absolute atomic E-state index is 0.0341. The molecule has 0 aliphatic carbocycles. The first kappa shape index (κ1) is 13.9. The van der Waals surface area contributed by atoms with Crippen molar-refractivity contribution >= 4 is 11.8 Å². The summed E-state index contributed by atoms with van der Waals surface area (Å²) in [5, 5.41) is 5.05. The molecule has 88 valence electrons. The second kappa shape index (κ2) is 6.40. The Morgan fingerprint density at radius 1 is 1.27 bits per heavy atom. The van der Waals surface area contributed by atoms with Gasteiger partial charge in [-0.05, 0) is 20.0 Å². The summed E-state index contributed by atoms with van der Waals surface area (Å²) in [4.78, 5) is 24.5. The fourth-order valence-electron chi connectivity index (χ4n) is 1.49. The van der Waals surface area contributed by atoms with Gasteiger partial charge in [0.05, 0.1) is 12.6 Å². The number of rotatable bonds is 5. The van der Waals surface area contributed by atoms with Crippen molar-refractivity contribution < 1.29 is 9.59 Å². The number of hydrogen-bond acceptors (Lipinski definition) is 3. The van der Waals surface area contributed by atoms with Crippen molar-refractivity contribution in [3.05, 3.63) is 0 Å². The first-order valence-corrected chi connectivity index (χ1v) is 5.04. The lowest BCUT2D eigenvalue weighted by atomic mass is 10.0. The number of nitrogens with one attached hydrogen (secondary N) is 2. The fraction of sp³-hybridized carbons (Fsp3) is 0.800. The lowest BCUT2D eigenvalue weighted by Crippen LogP contribution is -2.48. The maximum Gasteiger partial charge on any atom is 0.239 e. The van der Waals surface area contributed by atoms with Gasteiger partial charge in [-0.1, -0.05) is 13.8 Å². The van der Waals surface area contributed by atoms with Crippen LogP contribution in [0.5, 0.6) is 0 Å². The molecule has 15 heavy (non-hydrogen) atoms. The summed E-state index contributed by atoms with van der Waals surface area (Å²) in [6, 6.07) is -0.199. The Morgan fingerprint density at radius 2 is 1.80 bits per heavy atom. The predicted molar refractivity (Wildman–Crippen MR) is 59.4 cm³/mol. The van der Waals surface area contributed by atoms with Gasteiger partial charge in [-0.25, -0.2) is 0 Å². The molecule has 0 heterocycles. The van der Waals surface area contributed by atoms with E-state index < -0.39 is 0 Å². The molecule has 0 spiro atoms. The lowest BCUT2D eigenvalue weighted by Gasteiger charge is -2.26. The van der Waals surface area contributed by atoms with Crippen molar-refractivity contribution in [1.82, 2.24) is 15.5 Å². The van der Waals surface area contributed by atoms with Crippen molar-refractivity contribution in [3.8, 4) is 0 Å². The van der Waals surface area contributed by atoms with Crippen LogP contribution in [-0.2, 0) is 9.59 Å². The molecule has 0 saturated heterocycles. The van der Waals surface area contributed by atoms with E-state index in [1.807, 2.05) is 32.8 Å². The summed E-state index contributed by atoms with van der Waals surface area (Å²) in [5.74, 6) is -0.0899. The lowest BCUT2D eigenvalue weighted by molar-refractivity contribution is -0.129. The zero-order valence-electron chi connectivity index (χ0n) is 10.1.